The molecule has 2 aromatic carbocycles. The summed E-state index contributed by atoms with van der Waals surface area (Å²) in [6.07, 6.45) is 3.32. The second-order valence-electron chi connectivity index (χ2n) is 4.96. The van der Waals surface area contributed by atoms with Gasteiger partial charge in [-0.15, -0.1) is 0 Å². The lowest BCUT2D eigenvalue weighted by Gasteiger charge is -2.22. The average molecular weight is 324 g/mol. The summed E-state index contributed by atoms with van der Waals surface area (Å²) in [4.78, 5) is 10.2. The predicted molar refractivity (Wildman–Crippen MR) is 89.4 cm³/mol. The molecule has 24 heavy (non-hydrogen) atoms. The zero-order valence-corrected chi connectivity index (χ0v) is 13.3. The van der Waals surface area contributed by atoms with Crippen LogP contribution < -0.4 is 4.74 Å². The molecule has 0 aliphatic rings. The van der Waals surface area contributed by atoms with Crippen LogP contribution in [0.5, 0.6) is 5.75 Å². The van der Waals surface area contributed by atoms with Gasteiger partial charge in [-0.3, -0.25) is 10.1 Å². The first-order chi connectivity index (χ1) is 11.5. The van der Waals surface area contributed by atoms with Crippen LogP contribution in [0.25, 0.3) is 6.08 Å². The van der Waals surface area contributed by atoms with E-state index in [0.717, 1.165) is 5.56 Å². The third-order valence-electron chi connectivity index (χ3n) is 3.62. The Labute approximate surface area is 139 Å². The zero-order valence-electron chi connectivity index (χ0n) is 13.3. The molecule has 0 radical (unpaired) electrons. The number of nitro benzene ring substituents is 1. The van der Waals surface area contributed by atoms with Gasteiger partial charge in [-0.1, -0.05) is 18.2 Å². The molecular formula is C18H16N2O4. The maximum atomic E-state index is 10.7. The normalized spacial score (nSPS) is 13.2. The molecule has 0 aliphatic heterocycles. The Morgan fingerprint density at radius 2 is 1.75 bits per heavy atom. The van der Waals surface area contributed by atoms with Crippen molar-refractivity contribution in [2.24, 2.45) is 0 Å². The van der Waals surface area contributed by atoms with Crippen LogP contribution in [-0.4, -0.2) is 19.1 Å². The number of methoxy groups -OCH3 is 2. The third-order valence-corrected chi connectivity index (χ3v) is 3.62. The summed E-state index contributed by atoms with van der Waals surface area (Å²) in [5, 5.41) is 20.3. The molecule has 0 aromatic heterocycles. The van der Waals surface area contributed by atoms with Crippen molar-refractivity contribution in [2.45, 2.75) is 5.60 Å². The van der Waals surface area contributed by atoms with Gasteiger partial charge in [0, 0.05) is 24.8 Å². The molecule has 6 heteroatoms. The molecule has 122 valence electrons. The van der Waals surface area contributed by atoms with Crippen molar-refractivity contribution < 1.29 is 14.4 Å². The van der Waals surface area contributed by atoms with Crippen LogP contribution in [0.2, 0.25) is 0 Å². The number of benzene rings is 2. The van der Waals surface area contributed by atoms with Crippen LogP contribution in [0.4, 0.5) is 5.69 Å². The van der Waals surface area contributed by atoms with E-state index in [0.29, 0.717) is 11.3 Å². The fourth-order valence-electron chi connectivity index (χ4n) is 2.19. The Hall–Kier alpha value is -3.17. The largest absolute Gasteiger partial charge is 0.497 e. The molecule has 0 saturated carbocycles. The summed E-state index contributed by atoms with van der Waals surface area (Å²) in [5.74, 6) is 0.682. The van der Waals surface area contributed by atoms with Crippen LogP contribution in [0.1, 0.15) is 11.1 Å². The molecule has 0 aliphatic carbocycles. The van der Waals surface area contributed by atoms with Crippen LogP contribution >= 0.6 is 0 Å². The topological polar surface area (TPSA) is 85.4 Å². The summed E-state index contributed by atoms with van der Waals surface area (Å²) < 4.78 is 10.5. The molecule has 0 spiro atoms. The van der Waals surface area contributed by atoms with Crippen LogP contribution in [0.3, 0.4) is 0 Å². The summed E-state index contributed by atoms with van der Waals surface area (Å²) in [6.45, 7) is 0. The minimum Gasteiger partial charge on any atom is -0.497 e. The molecule has 1 unspecified atom stereocenters. The average Bonchev–Trinajstić information content (AvgIpc) is 2.64. The maximum absolute atomic E-state index is 10.7. The molecule has 2 rings (SSSR count). The molecule has 2 aromatic rings. The van der Waals surface area contributed by atoms with Crippen molar-refractivity contribution in [1.82, 2.24) is 0 Å². The lowest BCUT2D eigenvalue weighted by molar-refractivity contribution is -0.384. The van der Waals surface area contributed by atoms with Crippen LogP contribution in [0, 0.1) is 21.4 Å². The van der Waals surface area contributed by atoms with E-state index in [9.17, 15) is 15.4 Å². The van der Waals surface area contributed by atoms with E-state index in [-0.39, 0.29) is 5.69 Å². The van der Waals surface area contributed by atoms with Gasteiger partial charge in [0.2, 0.25) is 0 Å². The number of nitrogens with zero attached hydrogens (tertiary/aromatic N) is 2. The molecule has 1 atom stereocenters. The molecule has 0 N–H and O–H groups in total. The van der Waals surface area contributed by atoms with E-state index in [1.807, 2.05) is 0 Å². The Kier molecular flexibility index (Phi) is 5.30. The molecule has 0 bridgehead atoms. The molecule has 6 nitrogen and oxygen atoms in total. The Bertz CT molecular complexity index is 776. The van der Waals surface area contributed by atoms with Gasteiger partial charge in [0.25, 0.3) is 5.69 Å². The summed E-state index contributed by atoms with van der Waals surface area (Å²) in [6, 6.07) is 15.2. The monoisotopic (exact) mass is 324 g/mol. The van der Waals surface area contributed by atoms with E-state index >= 15 is 0 Å². The van der Waals surface area contributed by atoms with Crippen molar-refractivity contribution in [1.29, 1.82) is 5.26 Å². The fraction of sp³-hybridized carbons (Fsp3) is 0.167. The van der Waals surface area contributed by atoms with Gasteiger partial charge in [-0.2, -0.15) is 5.26 Å². The zero-order chi connectivity index (χ0) is 17.6. The van der Waals surface area contributed by atoms with E-state index in [1.165, 1.54) is 19.2 Å². The SMILES string of the molecule is COc1ccc(C(C#N)(/C=C/c2ccc([N+](=O)[O-])cc2)OC)cc1. The summed E-state index contributed by atoms with van der Waals surface area (Å²) in [7, 11) is 3.02. The van der Waals surface area contributed by atoms with Crippen molar-refractivity contribution >= 4 is 11.8 Å². The molecular weight excluding hydrogens is 308 g/mol. The second kappa shape index (κ2) is 7.40. The van der Waals surface area contributed by atoms with Gasteiger partial charge < -0.3 is 9.47 Å². The van der Waals surface area contributed by atoms with Crippen molar-refractivity contribution in [3.63, 3.8) is 0 Å². The lowest BCUT2D eigenvalue weighted by Crippen LogP contribution is -2.23. The van der Waals surface area contributed by atoms with E-state index in [4.69, 9.17) is 9.47 Å². The molecule has 0 amide bonds. The van der Waals surface area contributed by atoms with Crippen LogP contribution in [-0.2, 0) is 10.3 Å². The van der Waals surface area contributed by atoms with Gasteiger partial charge in [0.05, 0.1) is 12.0 Å². The van der Waals surface area contributed by atoms with Crippen molar-refractivity contribution in [3.05, 3.63) is 75.8 Å². The fourth-order valence-corrected chi connectivity index (χ4v) is 2.19. The highest BCUT2D eigenvalue weighted by atomic mass is 16.6. The highest BCUT2D eigenvalue weighted by Gasteiger charge is 2.29. The first kappa shape index (κ1) is 17.2. The second-order valence-corrected chi connectivity index (χ2v) is 4.96. The number of non-ortho nitro benzene ring substituents is 1. The van der Waals surface area contributed by atoms with E-state index in [1.54, 1.807) is 55.7 Å². The first-order valence-electron chi connectivity index (χ1n) is 7.09. The maximum Gasteiger partial charge on any atom is 0.269 e. The van der Waals surface area contributed by atoms with Gasteiger partial charge >= 0.3 is 0 Å². The van der Waals surface area contributed by atoms with E-state index < -0.39 is 10.5 Å². The number of nitriles is 1. The number of rotatable bonds is 6. The standard InChI is InChI=1S/C18H16N2O4/c1-23-17-9-5-15(6-10-17)18(13-19,24-2)12-11-14-3-7-16(8-4-14)20(21)22/h3-12H,1-2H3/b12-11+. The molecule has 0 heterocycles. The third kappa shape index (κ3) is 3.59. The predicted octanol–water partition coefficient (Wildman–Crippen LogP) is 3.68. The van der Waals surface area contributed by atoms with Gasteiger partial charge in [0.1, 0.15) is 11.8 Å². The first-order valence-corrected chi connectivity index (χ1v) is 7.09. The van der Waals surface area contributed by atoms with Crippen molar-refractivity contribution in [3.8, 4) is 11.8 Å². The molecule has 0 saturated heterocycles. The summed E-state index contributed by atoms with van der Waals surface area (Å²) >= 11 is 0. The van der Waals surface area contributed by atoms with Crippen LogP contribution in [0.15, 0.2) is 54.6 Å². The summed E-state index contributed by atoms with van der Waals surface area (Å²) in [5.41, 5.74) is 0.145. The number of nitro groups is 1. The highest BCUT2D eigenvalue weighted by Crippen LogP contribution is 2.29. The van der Waals surface area contributed by atoms with Crippen molar-refractivity contribution in [2.75, 3.05) is 14.2 Å². The molecule has 0 fully saturated rings. The lowest BCUT2D eigenvalue weighted by atomic mass is 9.93. The van der Waals surface area contributed by atoms with E-state index in [2.05, 4.69) is 6.07 Å². The quantitative estimate of drug-likeness (QED) is 0.597. The Morgan fingerprint density at radius 1 is 1.12 bits per heavy atom. The Balaban J connectivity index is 2.32. The number of hydrogen-bond acceptors (Lipinski definition) is 5. The van der Waals surface area contributed by atoms with Gasteiger partial charge in [-0.25, -0.2) is 0 Å². The minimum absolute atomic E-state index is 0.0144. The number of hydrogen-bond donors (Lipinski definition) is 0. The van der Waals surface area contributed by atoms with Gasteiger partial charge in [-0.05, 0) is 35.9 Å². The minimum atomic E-state index is -1.26. The van der Waals surface area contributed by atoms with Gasteiger partial charge in [0.15, 0.2) is 5.60 Å². The number of ether oxygens (including phenoxy) is 2. The smallest absolute Gasteiger partial charge is 0.269 e. The Morgan fingerprint density at radius 3 is 2.21 bits per heavy atom. The highest BCUT2D eigenvalue weighted by molar-refractivity contribution is 5.55.